The topological polar surface area (TPSA) is 41.6 Å². The van der Waals surface area contributed by atoms with Gasteiger partial charge in [-0.25, -0.2) is 9.97 Å². The van der Waals surface area contributed by atoms with Gasteiger partial charge >= 0.3 is 0 Å². The van der Waals surface area contributed by atoms with Gasteiger partial charge in [0.2, 0.25) is 0 Å². The van der Waals surface area contributed by atoms with Crippen molar-refractivity contribution in [1.29, 1.82) is 0 Å². The maximum absolute atomic E-state index is 4.45. The van der Waals surface area contributed by atoms with Crippen molar-refractivity contribution in [3.8, 4) is 22.8 Å². The number of pyridine rings is 1. The molecule has 15 heavy (non-hydrogen) atoms. The van der Waals surface area contributed by atoms with Crippen LogP contribution in [0.3, 0.4) is 0 Å². The van der Waals surface area contributed by atoms with E-state index in [1.165, 1.54) is 0 Å². The van der Waals surface area contributed by atoms with Crippen molar-refractivity contribution < 1.29 is 0 Å². The van der Waals surface area contributed by atoms with Gasteiger partial charge < -0.3 is 4.98 Å². The fourth-order valence-electron chi connectivity index (χ4n) is 1.57. The summed E-state index contributed by atoms with van der Waals surface area (Å²) in [6.07, 6.45) is 3.71. The Morgan fingerprint density at radius 2 is 1.67 bits per heavy atom. The number of hydrogen-bond donors (Lipinski definition) is 1. The molecule has 0 bridgehead atoms. The zero-order valence-electron chi connectivity index (χ0n) is 8.01. The minimum atomic E-state index is 0.783. The van der Waals surface area contributed by atoms with E-state index in [1.807, 2.05) is 48.8 Å². The number of rotatable bonds is 1. The predicted octanol–water partition coefficient (Wildman–Crippen LogP) is 2.58. The van der Waals surface area contributed by atoms with Gasteiger partial charge in [-0.1, -0.05) is 30.3 Å². The smallest absolute Gasteiger partial charge is 0.160 e. The van der Waals surface area contributed by atoms with Crippen molar-refractivity contribution in [3.63, 3.8) is 0 Å². The Balaban J connectivity index is 2.18. The SMILES string of the molecule is c1ccc(-c2nc3cc[nH]cc-3n2)cc1. The van der Waals surface area contributed by atoms with E-state index in [2.05, 4.69) is 15.0 Å². The Hall–Kier alpha value is -2.16. The van der Waals surface area contributed by atoms with Crippen molar-refractivity contribution in [2.75, 3.05) is 0 Å². The van der Waals surface area contributed by atoms with Crippen molar-refractivity contribution in [2.24, 2.45) is 0 Å². The molecule has 0 amide bonds. The molecule has 2 heterocycles. The molecular formula is C12H9N3. The summed E-state index contributed by atoms with van der Waals surface area (Å²) in [7, 11) is 0. The molecule has 0 unspecified atom stereocenters. The van der Waals surface area contributed by atoms with Crippen molar-refractivity contribution >= 4 is 0 Å². The lowest BCUT2D eigenvalue weighted by Gasteiger charge is -1.91. The third kappa shape index (κ3) is 1.38. The summed E-state index contributed by atoms with van der Waals surface area (Å²) in [4.78, 5) is 11.9. The van der Waals surface area contributed by atoms with Crippen LogP contribution < -0.4 is 0 Å². The number of benzene rings is 1. The number of aromatic nitrogens is 3. The van der Waals surface area contributed by atoms with E-state index < -0.39 is 0 Å². The van der Waals surface area contributed by atoms with Gasteiger partial charge in [0.15, 0.2) is 5.82 Å². The lowest BCUT2D eigenvalue weighted by molar-refractivity contribution is 1.28. The Morgan fingerprint density at radius 1 is 0.867 bits per heavy atom. The zero-order chi connectivity index (χ0) is 10.1. The average Bonchev–Trinajstić information content (AvgIpc) is 2.74. The molecule has 1 N–H and O–H groups in total. The fraction of sp³-hybridized carbons (Fsp3) is 0. The molecule has 0 atom stereocenters. The third-order valence-corrected chi connectivity index (χ3v) is 2.30. The van der Waals surface area contributed by atoms with E-state index in [0.717, 1.165) is 22.8 Å². The Kier molecular flexibility index (Phi) is 1.75. The van der Waals surface area contributed by atoms with Gasteiger partial charge in [0.05, 0.1) is 5.69 Å². The van der Waals surface area contributed by atoms with Crippen LogP contribution in [-0.2, 0) is 0 Å². The number of nitrogens with zero attached hydrogens (tertiary/aromatic N) is 2. The Bertz CT molecular complexity index is 512. The molecule has 1 aromatic carbocycles. The zero-order valence-corrected chi connectivity index (χ0v) is 8.01. The summed E-state index contributed by atoms with van der Waals surface area (Å²) in [6.45, 7) is 0. The lowest BCUT2D eigenvalue weighted by atomic mass is 10.2. The van der Waals surface area contributed by atoms with Crippen LogP contribution in [0.1, 0.15) is 0 Å². The van der Waals surface area contributed by atoms with Crippen molar-refractivity contribution in [1.82, 2.24) is 15.0 Å². The van der Waals surface area contributed by atoms with Gasteiger partial charge in [0, 0.05) is 18.0 Å². The number of aromatic amines is 1. The summed E-state index contributed by atoms with van der Waals surface area (Å²) in [5, 5.41) is 0. The molecule has 0 saturated heterocycles. The summed E-state index contributed by atoms with van der Waals surface area (Å²) < 4.78 is 0. The molecule has 1 aromatic rings. The molecule has 0 spiro atoms. The number of hydrogen-bond acceptors (Lipinski definition) is 2. The monoisotopic (exact) mass is 195 g/mol. The van der Waals surface area contributed by atoms with Crippen LogP contribution in [0.5, 0.6) is 0 Å². The molecule has 0 saturated carbocycles. The van der Waals surface area contributed by atoms with Gasteiger partial charge in [-0.05, 0) is 6.07 Å². The van der Waals surface area contributed by atoms with Crippen LogP contribution in [0.15, 0.2) is 48.8 Å². The first-order chi connectivity index (χ1) is 7.43. The van der Waals surface area contributed by atoms with Crippen LogP contribution in [0.2, 0.25) is 0 Å². The second-order valence-electron chi connectivity index (χ2n) is 3.33. The van der Waals surface area contributed by atoms with Crippen LogP contribution in [-0.4, -0.2) is 15.0 Å². The Morgan fingerprint density at radius 3 is 2.47 bits per heavy atom. The van der Waals surface area contributed by atoms with E-state index in [-0.39, 0.29) is 0 Å². The molecule has 0 fully saturated rings. The highest BCUT2D eigenvalue weighted by atomic mass is 15.0. The lowest BCUT2D eigenvalue weighted by Crippen LogP contribution is -1.77. The quantitative estimate of drug-likeness (QED) is 0.648. The first-order valence-corrected chi connectivity index (χ1v) is 4.79. The molecule has 0 aliphatic carbocycles. The third-order valence-electron chi connectivity index (χ3n) is 2.30. The number of nitrogens with one attached hydrogen (secondary N) is 1. The largest absolute Gasteiger partial charge is 0.366 e. The van der Waals surface area contributed by atoms with E-state index in [0.29, 0.717) is 0 Å². The fourth-order valence-corrected chi connectivity index (χ4v) is 1.57. The molecule has 72 valence electrons. The van der Waals surface area contributed by atoms with Gasteiger partial charge in [0.1, 0.15) is 5.69 Å². The molecule has 3 nitrogen and oxygen atoms in total. The van der Waals surface area contributed by atoms with Crippen molar-refractivity contribution in [2.45, 2.75) is 0 Å². The highest BCUT2D eigenvalue weighted by Crippen LogP contribution is 2.23. The number of imidazole rings is 1. The highest BCUT2D eigenvalue weighted by molar-refractivity contribution is 5.65. The van der Waals surface area contributed by atoms with E-state index in [1.54, 1.807) is 0 Å². The van der Waals surface area contributed by atoms with Gasteiger partial charge in [0.25, 0.3) is 0 Å². The van der Waals surface area contributed by atoms with Gasteiger partial charge in [-0.2, -0.15) is 0 Å². The van der Waals surface area contributed by atoms with E-state index in [4.69, 9.17) is 0 Å². The van der Waals surface area contributed by atoms with E-state index in [9.17, 15) is 0 Å². The van der Waals surface area contributed by atoms with Crippen LogP contribution in [0, 0.1) is 0 Å². The first kappa shape index (κ1) is 8.17. The molecule has 0 radical (unpaired) electrons. The summed E-state index contributed by atoms with van der Waals surface area (Å²) in [5.74, 6) is 0.783. The maximum atomic E-state index is 4.45. The summed E-state index contributed by atoms with van der Waals surface area (Å²) >= 11 is 0. The summed E-state index contributed by atoms with van der Waals surface area (Å²) in [6, 6.07) is 11.9. The maximum Gasteiger partial charge on any atom is 0.160 e. The number of fused-ring (bicyclic) bond motifs is 1. The number of H-pyrrole nitrogens is 1. The highest BCUT2D eigenvalue weighted by Gasteiger charge is 2.10. The van der Waals surface area contributed by atoms with Crippen LogP contribution in [0.25, 0.3) is 22.8 Å². The van der Waals surface area contributed by atoms with E-state index >= 15 is 0 Å². The van der Waals surface area contributed by atoms with Crippen LogP contribution in [0.4, 0.5) is 0 Å². The minimum absolute atomic E-state index is 0.783. The standard InChI is InChI=1S/C12H9N3/c1-2-4-9(5-3-1)12-14-10-6-7-13-8-11(10)15-12/h1-8,13H. The average molecular weight is 195 g/mol. The minimum Gasteiger partial charge on any atom is -0.366 e. The molecule has 3 rings (SSSR count). The first-order valence-electron chi connectivity index (χ1n) is 4.79. The Labute approximate surface area is 87.2 Å². The second kappa shape index (κ2) is 3.20. The van der Waals surface area contributed by atoms with Gasteiger partial charge in [-0.3, -0.25) is 0 Å². The predicted molar refractivity (Wildman–Crippen MR) is 58.4 cm³/mol. The van der Waals surface area contributed by atoms with Crippen LogP contribution >= 0.6 is 0 Å². The summed E-state index contributed by atoms with van der Waals surface area (Å²) in [5.41, 5.74) is 2.87. The molecule has 3 heteroatoms. The second-order valence-corrected chi connectivity index (χ2v) is 3.33. The van der Waals surface area contributed by atoms with Crippen molar-refractivity contribution in [3.05, 3.63) is 48.8 Å². The molecule has 0 aromatic heterocycles. The molecular weight excluding hydrogens is 186 g/mol. The van der Waals surface area contributed by atoms with Gasteiger partial charge in [-0.15, -0.1) is 0 Å². The molecule has 2 aliphatic heterocycles. The molecule has 2 aliphatic rings. The normalized spacial score (nSPS) is 10.7.